The Morgan fingerprint density at radius 3 is 1.61 bits per heavy atom. The average molecular weight is 717 g/mol. The molecule has 0 amide bonds. The lowest BCUT2D eigenvalue weighted by molar-refractivity contribution is 0.669. The highest BCUT2D eigenvalue weighted by Gasteiger charge is 2.21. The predicted molar refractivity (Wildman–Crippen MR) is 229 cm³/mol. The molecule has 5 heteroatoms. The van der Waals surface area contributed by atoms with Crippen LogP contribution in [-0.2, 0) is 0 Å². The number of benzene rings is 8. The fourth-order valence-electron chi connectivity index (χ4n) is 7.98. The highest BCUT2D eigenvalue weighted by molar-refractivity contribution is 6.11. The molecule has 0 N–H and O–H groups in total. The molecule has 3 aromatic heterocycles. The van der Waals surface area contributed by atoms with Crippen molar-refractivity contribution in [1.29, 1.82) is 0 Å². The molecule has 0 aliphatic rings. The predicted octanol–water partition coefficient (Wildman–Crippen LogP) is 13.2. The minimum atomic E-state index is 0.535. The van der Waals surface area contributed by atoms with Gasteiger partial charge in [0.05, 0.1) is 16.6 Å². The van der Waals surface area contributed by atoms with Gasteiger partial charge in [-0.1, -0.05) is 152 Å². The SMILES string of the molecule is c1ccc(-c2cc(-c3ccccc3)cc(-c3ccc4c5ccccc5n(-c5nc(-c6ccccc6)nc(-c6cccc7c6oc6ccccc67)n5)c4c3)c2)cc1. The number of hydrogen-bond acceptors (Lipinski definition) is 4. The van der Waals surface area contributed by atoms with E-state index in [2.05, 4.69) is 138 Å². The number of hydrogen-bond donors (Lipinski definition) is 0. The Bertz CT molecular complexity index is 3180. The molecule has 0 spiro atoms. The third kappa shape index (κ3) is 5.37. The van der Waals surface area contributed by atoms with Crippen LogP contribution in [0.5, 0.6) is 0 Å². The lowest BCUT2D eigenvalue weighted by Gasteiger charge is -2.13. The zero-order valence-electron chi connectivity index (χ0n) is 30.2. The first-order valence-corrected chi connectivity index (χ1v) is 18.8. The maximum atomic E-state index is 6.50. The second-order valence-corrected chi connectivity index (χ2v) is 14.0. The van der Waals surface area contributed by atoms with E-state index in [0.29, 0.717) is 17.6 Å². The highest BCUT2D eigenvalue weighted by Crippen LogP contribution is 2.39. The van der Waals surface area contributed by atoms with Gasteiger partial charge in [0, 0.05) is 27.1 Å². The average Bonchev–Trinajstić information content (AvgIpc) is 3.83. The summed E-state index contributed by atoms with van der Waals surface area (Å²) in [6, 6.07) is 67.7. The van der Waals surface area contributed by atoms with Crippen molar-refractivity contribution in [1.82, 2.24) is 19.5 Å². The Hall–Kier alpha value is -7.63. The minimum Gasteiger partial charge on any atom is -0.455 e. The molecule has 0 bridgehead atoms. The van der Waals surface area contributed by atoms with Gasteiger partial charge < -0.3 is 4.42 Å². The first-order valence-electron chi connectivity index (χ1n) is 18.8. The van der Waals surface area contributed by atoms with Gasteiger partial charge in [-0.25, -0.2) is 4.98 Å². The third-order valence-electron chi connectivity index (χ3n) is 10.7. The van der Waals surface area contributed by atoms with Crippen molar-refractivity contribution >= 4 is 43.7 Å². The number of aromatic nitrogens is 4. The van der Waals surface area contributed by atoms with Crippen LogP contribution in [0.2, 0.25) is 0 Å². The van der Waals surface area contributed by atoms with Gasteiger partial charge in [0.2, 0.25) is 5.95 Å². The van der Waals surface area contributed by atoms with E-state index in [1.807, 2.05) is 60.7 Å². The smallest absolute Gasteiger partial charge is 0.238 e. The molecule has 0 saturated heterocycles. The summed E-state index contributed by atoms with van der Waals surface area (Å²) in [5, 5.41) is 4.33. The summed E-state index contributed by atoms with van der Waals surface area (Å²) < 4.78 is 8.68. The Morgan fingerprint density at radius 2 is 0.893 bits per heavy atom. The molecule has 8 aromatic carbocycles. The summed E-state index contributed by atoms with van der Waals surface area (Å²) in [6.45, 7) is 0. The van der Waals surface area contributed by atoms with Crippen LogP contribution in [0.15, 0.2) is 199 Å². The van der Waals surface area contributed by atoms with E-state index in [9.17, 15) is 0 Å². The summed E-state index contributed by atoms with van der Waals surface area (Å²) in [5.41, 5.74) is 12.2. The summed E-state index contributed by atoms with van der Waals surface area (Å²) in [6.07, 6.45) is 0. The van der Waals surface area contributed by atoms with Gasteiger partial charge in [0.25, 0.3) is 0 Å². The summed E-state index contributed by atoms with van der Waals surface area (Å²) in [4.78, 5) is 15.6. The van der Waals surface area contributed by atoms with Crippen molar-refractivity contribution in [3.05, 3.63) is 194 Å². The lowest BCUT2D eigenvalue weighted by Crippen LogP contribution is -2.06. The van der Waals surface area contributed by atoms with Gasteiger partial charge in [-0.3, -0.25) is 4.57 Å². The number of para-hydroxylation sites is 3. The number of furan rings is 1. The standard InChI is InChI=1S/C51H32N4O/c1-4-15-33(16-5-1)37-29-38(34-17-6-2-7-18-34)31-39(30-37)36-27-28-41-40-21-10-12-25-45(40)55(46(41)32-36)51-53-49(35-19-8-3-9-20-35)52-50(54-51)44-24-14-23-43-42-22-11-13-26-47(42)56-48(43)44/h1-32H. The highest BCUT2D eigenvalue weighted by atomic mass is 16.3. The fourth-order valence-corrected chi connectivity index (χ4v) is 7.98. The normalized spacial score (nSPS) is 11.6. The van der Waals surface area contributed by atoms with E-state index >= 15 is 0 Å². The molecule has 3 heterocycles. The van der Waals surface area contributed by atoms with Gasteiger partial charge in [0.15, 0.2) is 11.6 Å². The molecule has 0 unspecified atom stereocenters. The maximum absolute atomic E-state index is 6.50. The van der Waals surface area contributed by atoms with E-state index < -0.39 is 0 Å². The number of rotatable bonds is 6. The molecule has 11 aromatic rings. The number of fused-ring (bicyclic) bond motifs is 6. The van der Waals surface area contributed by atoms with Crippen LogP contribution in [0.1, 0.15) is 0 Å². The Kier molecular flexibility index (Phi) is 7.42. The van der Waals surface area contributed by atoms with E-state index in [4.69, 9.17) is 19.4 Å². The van der Waals surface area contributed by atoms with Gasteiger partial charge in [-0.15, -0.1) is 0 Å². The molecule has 0 atom stereocenters. The van der Waals surface area contributed by atoms with Gasteiger partial charge in [-0.05, 0) is 75.8 Å². The maximum Gasteiger partial charge on any atom is 0.238 e. The van der Waals surface area contributed by atoms with Crippen LogP contribution < -0.4 is 0 Å². The summed E-state index contributed by atoms with van der Waals surface area (Å²) >= 11 is 0. The molecule has 11 rings (SSSR count). The topological polar surface area (TPSA) is 56.7 Å². The second-order valence-electron chi connectivity index (χ2n) is 14.0. The van der Waals surface area contributed by atoms with Crippen molar-refractivity contribution in [3.63, 3.8) is 0 Å². The quantitative estimate of drug-likeness (QED) is 0.172. The Labute approximate surface area is 322 Å². The van der Waals surface area contributed by atoms with Gasteiger partial charge >= 0.3 is 0 Å². The molecule has 0 aliphatic heterocycles. The molecular formula is C51H32N4O. The van der Waals surface area contributed by atoms with Crippen molar-refractivity contribution < 1.29 is 4.42 Å². The van der Waals surface area contributed by atoms with Crippen molar-refractivity contribution in [2.75, 3.05) is 0 Å². The molecule has 0 aliphatic carbocycles. The first-order chi connectivity index (χ1) is 27.7. The van der Waals surface area contributed by atoms with Crippen LogP contribution in [0.4, 0.5) is 0 Å². The minimum absolute atomic E-state index is 0.535. The molecule has 5 nitrogen and oxygen atoms in total. The Morgan fingerprint density at radius 1 is 0.339 bits per heavy atom. The zero-order valence-corrected chi connectivity index (χ0v) is 30.2. The van der Waals surface area contributed by atoms with Crippen LogP contribution in [0.3, 0.4) is 0 Å². The van der Waals surface area contributed by atoms with Crippen molar-refractivity contribution in [3.8, 4) is 62.1 Å². The second kappa shape index (κ2) is 13.0. The molecule has 262 valence electrons. The van der Waals surface area contributed by atoms with Gasteiger partial charge in [-0.2, -0.15) is 9.97 Å². The summed E-state index contributed by atoms with van der Waals surface area (Å²) in [5.74, 6) is 1.67. The van der Waals surface area contributed by atoms with Crippen molar-refractivity contribution in [2.45, 2.75) is 0 Å². The lowest BCUT2D eigenvalue weighted by atomic mass is 9.93. The summed E-state index contributed by atoms with van der Waals surface area (Å²) in [7, 11) is 0. The van der Waals surface area contributed by atoms with Gasteiger partial charge in [0.1, 0.15) is 11.2 Å². The molecule has 56 heavy (non-hydrogen) atoms. The molecule has 0 saturated carbocycles. The fraction of sp³-hybridized carbons (Fsp3) is 0. The molecular weight excluding hydrogens is 685 g/mol. The number of nitrogens with zero attached hydrogens (tertiary/aromatic N) is 4. The third-order valence-corrected chi connectivity index (χ3v) is 10.7. The largest absolute Gasteiger partial charge is 0.455 e. The van der Waals surface area contributed by atoms with Crippen LogP contribution in [0, 0.1) is 0 Å². The monoisotopic (exact) mass is 716 g/mol. The van der Waals surface area contributed by atoms with E-state index in [-0.39, 0.29) is 0 Å². The van der Waals surface area contributed by atoms with Crippen molar-refractivity contribution in [2.24, 2.45) is 0 Å². The van der Waals surface area contributed by atoms with E-state index in [0.717, 1.165) is 77.1 Å². The van der Waals surface area contributed by atoms with Crippen LogP contribution >= 0.6 is 0 Å². The van der Waals surface area contributed by atoms with Crippen LogP contribution in [-0.4, -0.2) is 19.5 Å². The van der Waals surface area contributed by atoms with E-state index in [1.54, 1.807) is 0 Å². The van der Waals surface area contributed by atoms with E-state index in [1.165, 1.54) is 11.1 Å². The zero-order chi connectivity index (χ0) is 37.0. The molecule has 0 fully saturated rings. The first kappa shape index (κ1) is 31.9. The molecule has 0 radical (unpaired) electrons. The Balaban J connectivity index is 1.16. The van der Waals surface area contributed by atoms with Crippen LogP contribution in [0.25, 0.3) is 106 Å².